The molecule has 1 heterocycles. The van der Waals surface area contributed by atoms with Crippen molar-refractivity contribution in [1.82, 2.24) is 15.0 Å². The van der Waals surface area contributed by atoms with Crippen molar-refractivity contribution in [3.63, 3.8) is 0 Å². The molecule has 0 fully saturated rings. The lowest BCUT2D eigenvalue weighted by Crippen LogP contribution is -2.28. The van der Waals surface area contributed by atoms with E-state index in [1.165, 1.54) is 11.1 Å². The van der Waals surface area contributed by atoms with E-state index in [1.54, 1.807) is 13.8 Å². The number of nitrogens with zero attached hydrogens (tertiary/aromatic N) is 3. The van der Waals surface area contributed by atoms with E-state index in [0.717, 1.165) is 35.2 Å². The largest absolute Gasteiger partial charge is 0.481 e. The molecule has 0 unspecified atom stereocenters. The smallest absolute Gasteiger partial charge is 0.313 e. The van der Waals surface area contributed by atoms with Crippen LogP contribution in [0.15, 0.2) is 85.1 Å². The minimum atomic E-state index is -0.913. The fraction of sp³-hybridized carbons (Fsp3) is 0.222. The molecule has 0 aliphatic heterocycles. The number of benzene rings is 3. The molecule has 32 heavy (non-hydrogen) atoms. The molecule has 0 aliphatic rings. The van der Waals surface area contributed by atoms with Crippen LogP contribution in [-0.4, -0.2) is 26.1 Å². The first-order valence-electron chi connectivity index (χ1n) is 10.8. The standard InChI is InChI=1S/C27H27N3O2/c1-27(2,26(31)32)23-15-12-22(13-16-23)25-11-7-6-10-21(25)14-17-24-19-30(29-28-24)18-20-8-4-3-5-9-20/h3-13,15-16,19H,14,17-18H2,1-2H3,(H,31,32). The Hall–Kier alpha value is -3.73. The number of aromatic nitrogens is 3. The molecule has 4 rings (SSSR count). The monoisotopic (exact) mass is 425 g/mol. The van der Waals surface area contributed by atoms with Gasteiger partial charge in [-0.25, -0.2) is 4.68 Å². The molecule has 0 aliphatic carbocycles. The van der Waals surface area contributed by atoms with E-state index in [2.05, 4.69) is 34.6 Å². The van der Waals surface area contributed by atoms with E-state index >= 15 is 0 Å². The van der Waals surface area contributed by atoms with Gasteiger partial charge in [0.15, 0.2) is 0 Å². The van der Waals surface area contributed by atoms with Crippen LogP contribution in [0.3, 0.4) is 0 Å². The van der Waals surface area contributed by atoms with Gasteiger partial charge in [0.05, 0.1) is 17.7 Å². The molecule has 1 aromatic heterocycles. The van der Waals surface area contributed by atoms with Gasteiger partial charge in [0.25, 0.3) is 0 Å². The molecule has 0 bridgehead atoms. The number of hydrogen-bond acceptors (Lipinski definition) is 3. The number of rotatable bonds is 8. The van der Waals surface area contributed by atoms with Gasteiger partial charge < -0.3 is 5.11 Å². The van der Waals surface area contributed by atoms with Crippen molar-refractivity contribution >= 4 is 5.97 Å². The van der Waals surface area contributed by atoms with Gasteiger partial charge in [-0.2, -0.15) is 0 Å². The molecule has 0 spiro atoms. The van der Waals surface area contributed by atoms with Gasteiger partial charge in [-0.15, -0.1) is 5.10 Å². The average molecular weight is 426 g/mol. The minimum absolute atomic E-state index is 0.712. The molecule has 0 radical (unpaired) electrons. The van der Waals surface area contributed by atoms with Crippen LogP contribution in [0.4, 0.5) is 0 Å². The fourth-order valence-electron chi connectivity index (χ4n) is 3.77. The van der Waals surface area contributed by atoms with Crippen LogP contribution in [0.25, 0.3) is 11.1 Å². The molecule has 0 atom stereocenters. The highest BCUT2D eigenvalue weighted by atomic mass is 16.4. The Labute approximate surface area is 188 Å². The predicted molar refractivity (Wildman–Crippen MR) is 126 cm³/mol. The Balaban J connectivity index is 1.47. The molecule has 0 saturated carbocycles. The van der Waals surface area contributed by atoms with Crippen LogP contribution in [-0.2, 0) is 29.6 Å². The van der Waals surface area contributed by atoms with Crippen molar-refractivity contribution in [2.75, 3.05) is 0 Å². The summed E-state index contributed by atoms with van der Waals surface area (Å²) < 4.78 is 1.87. The van der Waals surface area contributed by atoms with Crippen LogP contribution < -0.4 is 0 Å². The Kier molecular flexibility index (Phi) is 6.17. The van der Waals surface area contributed by atoms with Crippen LogP contribution in [0.2, 0.25) is 0 Å². The summed E-state index contributed by atoms with van der Waals surface area (Å²) in [5.74, 6) is -0.828. The van der Waals surface area contributed by atoms with E-state index in [4.69, 9.17) is 0 Å². The third kappa shape index (κ3) is 4.78. The van der Waals surface area contributed by atoms with Gasteiger partial charge in [0.2, 0.25) is 0 Å². The van der Waals surface area contributed by atoms with Gasteiger partial charge in [0.1, 0.15) is 0 Å². The van der Waals surface area contributed by atoms with Gasteiger partial charge >= 0.3 is 5.97 Å². The number of carboxylic acids is 1. The summed E-state index contributed by atoms with van der Waals surface area (Å²) >= 11 is 0. The van der Waals surface area contributed by atoms with Crippen molar-refractivity contribution < 1.29 is 9.90 Å². The third-order valence-electron chi connectivity index (χ3n) is 5.89. The quantitative estimate of drug-likeness (QED) is 0.424. The second kappa shape index (κ2) is 9.18. The van der Waals surface area contributed by atoms with Gasteiger partial charge in [0, 0.05) is 6.20 Å². The molecular formula is C27H27N3O2. The SMILES string of the molecule is CC(C)(C(=O)O)c1ccc(-c2ccccc2CCc2cn(Cc3ccccc3)nn2)cc1. The maximum atomic E-state index is 11.5. The normalized spacial score (nSPS) is 11.4. The lowest BCUT2D eigenvalue weighted by molar-refractivity contribution is -0.142. The van der Waals surface area contributed by atoms with E-state index in [-0.39, 0.29) is 0 Å². The summed E-state index contributed by atoms with van der Waals surface area (Å²) in [6.07, 6.45) is 3.66. The lowest BCUT2D eigenvalue weighted by Gasteiger charge is -2.20. The highest BCUT2D eigenvalue weighted by Gasteiger charge is 2.29. The Bertz CT molecular complexity index is 1200. The minimum Gasteiger partial charge on any atom is -0.481 e. The number of aliphatic carboxylic acids is 1. The third-order valence-corrected chi connectivity index (χ3v) is 5.89. The molecule has 3 aromatic carbocycles. The van der Waals surface area contributed by atoms with Gasteiger partial charge in [-0.3, -0.25) is 4.79 Å². The second-order valence-electron chi connectivity index (χ2n) is 8.56. The van der Waals surface area contributed by atoms with Gasteiger partial charge in [-0.05, 0) is 54.5 Å². The van der Waals surface area contributed by atoms with Crippen LogP contribution in [0.1, 0.15) is 36.2 Å². The second-order valence-corrected chi connectivity index (χ2v) is 8.56. The Morgan fingerprint density at radius 1 is 0.906 bits per heavy atom. The predicted octanol–water partition coefficient (Wildman–Crippen LogP) is 5.14. The number of carboxylic acid groups (broad SMARTS) is 1. The lowest BCUT2D eigenvalue weighted by atomic mass is 9.84. The summed E-state index contributed by atoms with van der Waals surface area (Å²) in [7, 11) is 0. The van der Waals surface area contributed by atoms with Crippen molar-refractivity contribution in [2.24, 2.45) is 0 Å². The molecule has 1 N–H and O–H groups in total. The van der Waals surface area contributed by atoms with Crippen LogP contribution in [0.5, 0.6) is 0 Å². The first kappa shape index (κ1) is 21.5. The Morgan fingerprint density at radius 2 is 1.59 bits per heavy atom. The topological polar surface area (TPSA) is 68.0 Å². The van der Waals surface area contributed by atoms with E-state index in [9.17, 15) is 9.90 Å². The number of carbonyl (C=O) groups is 1. The highest BCUT2D eigenvalue weighted by Crippen LogP contribution is 2.29. The molecule has 5 heteroatoms. The van der Waals surface area contributed by atoms with Crippen molar-refractivity contribution in [2.45, 2.75) is 38.6 Å². The number of hydrogen-bond donors (Lipinski definition) is 1. The van der Waals surface area contributed by atoms with Crippen LogP contribution >= 0.6 is 0 Å². The molecular weight excluding hydrogens is 398 g/mol. The van der Waals surface area contributed by atoms with Crippen molar-refractivity contribution in [3.05, 3.63) is 107 Å². The summed E-state index contributed by atoms with van der Waals surface area (Å²) in [5, 5.41) is 18.1. The number of aryl methyl sites for hydroxylation is 2. The summed E-state index contributed by atoms with van der Waals surface area (Å²) in [6, 6.07) is 26.4. The maximum absolute atomic E-state index is 11.5. The molecule has 5 nitrogen and oxygen atoms in total. The van der Waals surface area contributed by atoms with E-state index < -0.39 is 11.4 Å². The average Bonchev–Trinajstić information content (AvgIpc) is 3.26. The summed E-state index contributed by atoms with van der Waals surface area (Å²) in [6.45, 7) is 4.16. The van der Waals surface area contributed by atoms with Crippen molar-refractivity contribution in [1.29, 1.82) is 0 Å². The molecule has 0 amide bonds. The van der Waals surface area contributed by atoms with Crippen LogP contribution in [0, 0.1) is 0 Å². The fourth-order valence-corrected chi connectivity index (χ4v) is 3.77. The molecule has 162 valence electrons. The first-order chi connectivity index (χ1) is 15.4. The molecule has 0 saturated heterocycles. The Morgan fingerprint density at radius 3 is 2.31 bits per heavy atom. The zero-order chi connectivity index (χ0) is 22.6. The van der Waals surface area contributed by atoms with Crippen molar-refractivity contribution in [3.8, 4) is 11.1 Å². The van der Waals surface area contributed by atoms with Gasteiger partial charge in [-0.1, -0.05) is 84.1 Å². The zero-order valence-electron chi connectivity index (χ0n) is 18.4. The summed E-state index contributed by atoms with van der Waals surface area (Å²) in [4.78, 5) is 11.5. The molecule has 4 aromatic rings. The van der Waals surface area contributed by atoms with E-state index in [0.29, 0.717) is 6.54 Å². The zero-order valence-corrected chi connectivity index (χ0v) is 18.4. The first-order valence-corrected chi connectivity index (χ1v) is 10.8. The summed E-state index contributed by atoms with van der Waals surface area (Å²) in [5.41, 5.74) is 5.51. The maximum Gasteiger partial charge on any atom is 0.313 e. The van der Waals surface area contributed by atoms with E-state index in [1.807, 2.05) is 65.5 Å². The highest BCUT2D eigenvalue weighted by molar-refractivity contribution is 5.80.